The zero-order valence-electron chi connectivity index (χ0n) is 6.18. The highest BCUT2D eigenvalue weighted by Crippen LogP contribution is 2.26. The van der Waals surface area contributed by atoms with Crippen molar-refractivity contribution in [3.8, 4) is 6.07 Å². The summed E-state index contributed by atoms with van der Waals surface area (Å²) in [6.07, 6.45) is -3.98. The van der Waals surface area contributed by atoms with Crippen LogP contribution in [-0.2, 0) is 0 Å². The molecule has 0 fully saturated rings. The number of allylic oxidation sites excluding steroid dienone is 2. The number of alkyl halides is 3. The Hall–Kier alpha value is -1.95. The fraction of sp³-hybridized carbons (Fsp3) is 0.143. The lowest BCUT2D eigenvalue weighted by Crippen LogP contribution is -2.23. The van der Waals surface area contributed by atoms with Crippen LogP contribution < -0.4 is 10.4 Å². The van der Waals surface area contributed by atoms with Gasteiger partial charge in [0.15, 0.2) is 17.3 Å². The molecule has 1 aliphatic rings. The van der Waals surface area contributed by atoms with Crippen molar-refractivity contribution in [2.24, 2.45) is 5.73 Å². The van der Waals surface area contributed by atoms with Gasteiger partial charge in [-0.15, -0.1) is 0 Å². The molecule has 1 heterocycles. The molecule has 0 saturated heterocycles. The van der Waals surface area contributed by atoms with Crippen LogP contribution in [0.3, 0.4) is 0 Å². The Kier molecular flexibility index (Phi) is 1.99. The number of hydrogen-bond donors (Lipinski definition) is 1. The Bertz CT molecular complexity index is 409. The highest BCUT2D eigenvalue weighted by molar-refractivity contribution is 6.13. The number of nitrogens with two attached hydrogens (primary N) is 1. The van der Waals surface area contributed by atoms with Crippen molar-refractivity contribution < 1.29 is 13.2 Å². The van der Waals surface area contributed by atoms with Gasteiger partial charge < -0.3 is 5.73 Å². The van der Waals surface area contributed by atoms with Crippen molar-refractivity contribution in [1.29, 1.82) is 5.26 Å². The Morgan fingerprint density at radius 1 is 1.54 bits per heavy atom. The molecule has 2 N–H and O–H groups in total. The number of nitriles is 1. The number of hydrogen-bond acceptors (Lipinski definition) is 2. The lowest BCUT2D eigenvalue weighted by Gasteiger charge is -2.03. The lowest BCUT2D eigenvalue weighted by atomic mass is 10.1. The van der Waals surface area contributed by atoms with Crippen LogP contribution in [0.2, 0.25) is 0 Å². The fourth-order valence-electron chi connectivity index (χ4n) is 0.738. The molecular formula is C7H3F3N3+. The molecule has 0 radical (unpaired) electrons. The highest BCUT2D eigenvalue weighted by Gasteiger charge is 2.43. The van der Waals surface area contributed by atoms with Gasteiger partial charge in [-0.1, -0.05) is 0 Å². The van der Waals surface area contributed by atoms with Crippen LogP contribution in [0.1, 0.15) is 0 Å². The zero-order valence-corrected chi connectivity index (χ0v) is 6.18. The van der Waals surface area contributed by atoms with Gasteiger partial charge >= 0.3 is 17.8 Å². The van der Waals surface area contributed by atoms with E-state index in [0.717, 1.165) is 0 Å². The predicted molar refractivity (Wildman–Crippen MR) is 39.6 cm³/mol. The molecule has 1 rings (SSSR count). The van der Waals surface area contributed by atoms with Crippen molar-refractivity contribution in [3.05, 3.63) is 17.3 Å². The molecule has 0 aromatic carbocycles. The second kappa shape index (κ2) is 2.83. The summed E-state index contributed by atoms with van der Waals surface area (Å²) >= 11 is 0. The largest absolute Gasteiger partial charge is 0.429 e. The normalized spacial score (nSPS) is 15.7. The Labute approximate surface area is 71.0 Å². The molecule has 0 atom stereocenters. The quantitative estimate of drug-likeness (QED) is 0.542. The first kappa shape index (κ1) is 9.14. The fourth-order valence-corrected chi connectivity index (χ4v) is 0.738. The van der Waals surface area contributed by atoms with E-state index in [1.54, 1.807) is 0 Å². The smallest absolute Gasteiger partial charge is 0.387 e. The molecular weight excluding hydrogens is 183 g/mol. The van der Waals surface area contributed by atoms with Gasteiger partial charge in [0, 0.05) is 0 Å². The van der Waals surface area contributed by atoms with Gasteiger partial charge in [0.25, 0.3) is 0 Å². The molecule has 3 nitrogen and oxygen atoms in total. The van der Waals surface area contributed by atoms with Crippen molar-refractivity contribution in [2.75, 3.05) is 0 Å². The maximum atomic E-state index is 12.2. The van der Waals surface area contributed by atoms with Gasteiger partial charge in [-0.25, -0.2) is 0 Å². The Morgan fingerprint density at radius 3 is 2.62 bits per heavy atom. The van der Waals surface area contributed by atoms with Crippen LogP contribution in [0.4, 0.5) is 13.2 Å². The average molecular weight is 186 g/mol. The summed E-state index contributed by atoms with van der Waals surface area (Å²) in [5.74, 6) is 2.07. The zero-order chi connectivity index (χ0) is 10.1. The van der Waals surface area contributed by atoms with Crippen LogP contribution in [0.5, 0.6) is 0 Å². The van der Waals surface area contributed by atoms with E-state index in [9.17, 15) is 13.2 Å². The molecule has 0 aromatic rings. The summed E-state index contributed by atoms with van der Waals surface area (Å²) in [6.45, 7) is 0. The second-order valence-corrected chi connectivity index (χ2v) is 2.20. The van der Waals surface area contributed by atoms with Gasteiger partial charge in [-0.2, -0.15) is 18.4 Å². The van der Waals surface area contributed by atoms with E-state index in [2.05, 4.69) is 10.5 Å². The first-order valence-corrected chi connectivity index (χ1v) is 3.10. The molecule has 0 aliphatic carbocycles. The summed E-state index contributed by atoms with van der Waals surface area (Å²) in [5, 5.41) is 8.30. The Morgan fingerprint density at radius 2 is 2.15 bits per heavy atom. The standard InChI is InChI=1S/C7H3F3N3/c8-7(9,10)5-1-4(12)3-13-6(5)2-11/h1H,12H2/q+1. The maximum Gasteiger partial charge on any atom is 0.429 e. The molecule has 6 heteroatoms. The van der Waals surface area contributed by atoms with Gasteiger partial charge in [0.2, 0.25) is 0 Å². The van der Waals surface area contributed by atoms with E-state index in [-0.39, 0.29) is 5.70 Å². The third-order valence-corrected chi connectivity index (χ3v) is 1.26. The summed E-state index contributed by atoms with van der Waals surface area (Å²) in [6, 6.07) is 1.31. The molecule has 0 aromatic heterocycles. The monoisotopic (exact) mass is 186 g/mol. The van der Waals surface area contributed by atoms with Gasteiger partial charge in [-0.05, 0) is 10.7 Å². The molecule has 66 valence electrons. The molecule has 1 aliphatic heterocycles. The minimum atomic E-state index is -4.61. The summed E-state index contributed by atoms with van der Waals surface area (Å²) in [7, 11) is 0. The van der Waals surface area contributed by atoms with E-state index >= 15 is 0 Å². The molecule has 0 spiro atoms. The van der Waals surface area contributed by atoms with Crippen LogP contribution >= 0.6 is 0 Å². The first-order chi connectivity index (χ1) is 5.95. The summed E-state index contributed by atoms with van der Waals surface area (Å²) in [4.78, 5) is 0. The van der Waals surface area contributed by atoms with Crippen LogP contribution in [0.15, 0.2) is 17.3 Å². The van der Waals surface area contributed by atoms with Gasteiger partial charge in [0.05, 0.1) is 0 Å². The first-order valence-electron chi connectivity index (χ1n) is 3.10. The SMILES string of the molecule is N#CC1=[N+]=C=C(N)C=C1C(F)(F)F. The second-order valence-electron chi connectivity index (χ2n) is 2.20. The van der Waals surface area contributed by atoms with Crippen molar-refractivity contribution in [2.45, 2.75) is 6.18 Å². The third kappa shape index (κ3) is 1.79. The average Bonchev–Trinajstić information content (AvgIpc) is 2.03. The molecule has 0 amide bonds. The van der Waals surface area contributed by atoms with E-state index in [4.69, 9.17) is 11.0 Å². The minimum Gasteiger partial charge on any atom is -0.387 e. The molecule has 0 bridgehead atoms. The minimum absolute atomic E-state index is 0.244. The molecule has 0 unspecified atom stereocenters. The lowest BCUT2D eigenvalue weighted by molar-refractivity contribution is -0.0860. The summed E-state index contributed by atoms with van der Waals surface area (Å²) in [5.41, 5.74) is 2.95. The number of halogens is 3. The van der Waals surface area contributed by atoms with E-state index in [1.807, 2.05) is 0 Å². The topological polar surface area (TPSA) is 63.9 Å². The van der Waals surface area contributed by atoms with Crippen molar-refractivity contribution in [1.82, 2.24) is 4.67 Å². The Balaban J connectivity index is 3.29. The van der Waals surface area contributed by atoms with E-state index < -0.39 is 17.5 Å². The van der Waals surface area contributed by atoms with Crippen molar-refractivity contribution in [3.63, 3.8) is 0 Å². The van der Waals surface area contributed by atoms with Gasteiger partial charge in [-0.3, -0.25) is 0 Å². The van der Waals surface area contributed by atoms with Crippen LogP contribution in [0, 0.1) is 11.3 Å². The van der Waals surface area contributed by atoms with Crippen molar-refractivity contribution >= 4 is 11.6 Å². The van der Waals surface area contributed by atoms with Crippen LogP contribution in [-0.4, -0.2) is 17.8 Å². The highest BCUT2D eigenvalue weighted by atomic mass is 19.4. The maximum absolute atomic E-state index is 12.2. The van der Waals surface area contributed by atoms with Crippen LogP contribution in [0.25, 0.3) is 0 Å². The van der Waals surface area contributed by atoms with E-state index in [1.165, 1.54) is 6.07 Å². The number of rotatable bonds is 0. The summed E-state index contributed by atoms with van der Waals surface area (Å²) < 4.78 is 39.6. The number of nitrogens with zero attached hydrogens (tertiary/aromatic N) is 2. The van der Waals surface area contributed by atoms with Gasteiger partial charge in [0.1, 0.15) is 0 Å². The predicted octanol–water partition coefficient (Wildman–Crippen LogP) is 0.0328. The molecule has 13 heavy (non-hydrogen) atoms. The van der Waals surface area contributed by atoms with E-state index in [0.29, 0.717) is 6.08 Å². The third-order valence-electron chi connectivity index (χ3n) is 1.26. The molecule has 0 saturated carbocycles.